The minimum absolute atomic E-state index is 0.177. The van der Waals surface area contributed by atoms with E-state index in [-0.39, 0.29) is 11.6 Å². The third-order valence-electron chi connectivity index (χ3n) is 3.36. The maximum atomic E-state index is 13.0. The predicted molar refractivity (Wildman–Crippen MR) is 82.4 cm³/mol. The molecule has 124 valence electrons. The van der Waals surface area contributed by atoms with Crippen molar-refractivity contribution in [2.45, 2.75) is 13.1 Å². The van der Waals surface area contributed by atoms with E-state index in [2.05, 4.69) is 9.64 Å². The van der Waals surface area contributed by atoms with E-state index >= 15 is 0 Å². The fourth-order valence-corrected chi connectivity index (χ4v) is 2.18. The van der Waals surface area contributed by atoms with E-state index in [4.69, 9.17) is 9.15 Å². The third-order valence-corrected chi connectivity index (χ3v) is 3.36. The van der Waals surface area contributed by atoms with Gasteiger partial charge < -0.3 is 13.9 Å². The second kappa shape index (κ2) is 8.45. The highest BCUT2D eigenvalue weighted by Gasteiger charge is 2.14. The maximum Gasteiger partial charge on any atom is 0.373 e. The minimum atomic E-state index is -0.502. The summed E-state index contributed by atoms with van der Waals surface area (Å²) in [5.74, 6) is 0.0729. The first kappa shape index (κ1) is 17.2. The SMILES string of the molecule is COCCN(Cc1ccc(F)cc1)Cc1ccc(C(=O)OC)o1. The Bertz CT molecular complexity index is 624. The number of ether oxygens (including phenoxy) is 2. The predicted octanol–water partition coefficient (Wildman–Crippen LogP) is 2.85. The Labute approximate surface area is 134 Å². The van der Waals surface area contributed by atoms with Gasteiger partial charge >= 0.3 is 5.97 Å². The summed E-state index contributed by atoms with van der Waals surface area (Å²) >= 11 is 0. The van der Waals surface area contributed by atoms with Gasteiger partial charge in [0.2, 0.25) is 5.76 Å². The lowest BCUT2D eigenvalue weighted by atomic mass is 10.2. The Morgan fingerprint density at radius 1 is 1.13 bits per heavy atom. The molecule has 23 heavy (non-hydrogen) atoms. The first-order valence-corrected chi connectivity index (χ1v) is 7.25. The molecule has 2 rings (SSSR count). The number of hydrogen-bond donors (Lipinski definition) is 0. The van der Waals surface area contributed by atoms with Crippen LogP contribution in [0.1, 0.15) is 21.9 Å². The fourth-order valence-electron chi connectivity index (χ4n) is 2.18. The van der Waals surface area contributed by atoms with Gasteiger partial charge in [0.25, 0.3) is 0 Å². The summed E-state index contributed by atoms with van der Waals surface area (Å²) in [7, 11) is 2.95. The van der Waals surface area contributed by atoms with Crippen LogP contribution in [0.4, 0.5) is 4.39 Å². The normalized spacial score (nSPS) is 11.0. The average Bonchev–Trinajstić information content (AvgIpc) is 3.02. The lowest BCUT2D eigenvalue weighted by molar-refractivity contribution is 0.0560. The number of benzene rings is 1. The standard InChI is InChI=1S/C17H20FNO4/c1-21-10-9-19(11-13-3-5-14(18)6-4-13)12-15-7-8-16(23-15)17(20)22-2/h3-8H,9-12H2,1-2H3. The second-order valence-corrected chi connectivity index (χ2v) is 5.09. The molecular formula is C17H20FNO4. The van der Waals surface area contributed by atoms with Crippen molar-refractivity contribution in [3.05, 3.63) is 59.3 Å². The molecule has 0 radical (unpaired) electrons. The van der Waals surface area contributed by atoms with E-state index in [0.29, 0.717) is 32.0 Å². The highest BCUT2D eigenvalue weighted by atomic mass is 19.1. The molecular weight excluding hydrogens is 301 g/mol. The van der Waals surface area contributed by atoms with Crippen LogP contribution in [0.15, 0.2) is 40.8 Å². The average molecular weight is 321 g/mol. The van der Waals surface area contributed by atoms with E-state index in [1.165, 1.54) is 19.2 Å². The van der Waals surface area contributed by atoms with Crippen LogP contribution in [0.3, 0.4) is 0 Å². The molecule has 0 saturated heterocycles. The van der Waals surface area contributed by atoms with Crippen molar-refractivity contribution in [2.24, 2.45) is 0 Å². The number of esters is 1. The van der Waals surface area contributed by atoms with Gasteiger partial charge in [0, 0.05) is 20.2 Å². The molecule has 0 saturated carbocycles. The summed E-state index contributed by atoms with van der Waals surface area (Å²) in [4.78, 5) is 13.5. The number of hydrogen-bond acceptors (Lipinski definition) is 5. The summed E-state index contributed by atoms with van der Waals surface area (Å²) in [5, 5.41) is 0. The Kier molecular flexibility index (Phi) is 6.31. The molecule has 5 nitrogen and oxygen atoms in total. The Morgan fingerprint density at radius 3 is 2.52 bits per heavy atom. The maximum absolute atomic E-state index is 13.0. The molecule has 6 heteroatoms. The molecule has 0 atom stereocenters. The van der Waals surface area contributed by atoms with Crippen LogP contribution in [-0.2, 0) is 22.6 Å². The van der Waals surface area contributed by atoms with E-state index < -0.39 is 5.97 Å². The highest BCUT2D eigenvalue weighted by Crippen LogP contribution is 2.14. The number of rotatable bonds is 8. The van der Waals surface area contributed by atoms with Crippen LogP contribution in [0.5, 0.6) is 0 Å². The molecule has 2 aromatic rings. The van der Waals surface area contributed by atoms with Gasteiger partial charge in [0.1, 0.15) is 11.6 Å². The molecule has 0 spiro atoms. The molecule has 1 aromatic carbocycles. The van der Waals surface area contributed by atoms with Crippen molar-refractivity contribution in [2.75, 3.05) is 27.4 Å². The molecule has 0 unspecified atom stereocenters. The van der Waals surface area contributed by atoms with Crippen molar-refractivity contribution in [1.82, 2.24) is 4.90 Å². The van der Waals surface area contributed by atoms with E-state index in [0.717, 1.165) is 5.56 Å². The topological polar surface area (TPSA) is 51.9 Å². The molecule has 0 aliphatic rings. The van der Waals surface area contributed by atoms with E-state index in [9.17, 15) is 9.18 Å². The fraction of sp³-hybridized carbons (Fsp3) is 0.353. The molecule has 1 aromatic heterocycles. The summed E-state index contributed by atoms with van der Waals surface area (Å²) < 4.78 is 28.2. The smallest absolute Gasteiger partial charge is 0.373 e. The van der Waals surface area contributed by atoms with Crippen molar-refractivity contribution in [3.63, 3.8) is 0 Å². The van der Waals surface area contributed by atoms with Gasteiger partial charge in [-0.15, -0.1) is 0 Å². The van der Waals surface area contributed by atoms with Crippen molar-refractivity contribution >= 4 is 5.97 Å². The number of carbonyl (C=O) groups is 1. The zero-order valence-corrected chi connectivity index (χ0v) is 13.3. The van der Waals surface area contributed by atoms with E-state index in [1.807, 2.05) is 0 Å². The van der Waals surface area contributed by atoms with Crippen LogP contribution in [0, 0.1) is 5.82 Å². The third kappa shape index (κ3) is 5.19. The zero-order valence-electron chi connectivity index (χ0n) is 13.3. The van der Waals surface area contributed by atoms with Gasteiger partial charge in [-0.2, -0.15) is 0 Å². The largest absolute Gasteiger partial charge is 0.463 e. The molecule has 0 aliphatic heterocycles. The van der Waals surface area contributed by atoms with Gasteiger partial charge in [-0.05, 0) is 29.8 Å². The highest BCUT2D eigenvalue weighted by molar-refractivity contribution is 5.86. The number of methoxy groups -OCH3 is 2. The van der Waals surface area contributed by atoms with Crippen LogP contribution in [-0.4, -0.2) is 38.2 Å². The van der Waals surface area contributed by atoms with E-state index in [1.54, 1.807) is 31.4 Å². The van der Waals surface area contributed by atoms with Crippen LogP contribution < -0.4 is 0 Å². The number of carbonyl (C=O) groups excluding carboxylic acids is 1. The number of furan rings is 1. The van der Waals surface area contributed by atoms with Crippen molar-refractivity contribution < 1.29 is 23.1 Å². The van der Waals surface area contributed by atoms with Crippen molar-refractivity contribution in [3.8, 4) is 0 Å². The summed E-state index contributed by atoms with van der Waals surface area (Å²) in [6, 6.07) is 9.71. The minimum Gasteiger partial charge on any atom is -0.463 e. The molecule has 0 amide bonds. The molecule has 0 aliphatic carbocycles. The zero-order chi connectivity index (χ0) is 16.7. The van der Waals surface area contributed by atoms with Crippen LogP contribution in [0.25, 0.3) is 0 Å². The molecule has 0 N–H and O–H groups in total. The number of nitrogens with zero attached hydrogens (tertiary/aromatic N) is 1. The quantitative estimate of drug-likeness (QED) is 0.700. The Morgan fingerprint density at radius 2 is 1.87 bits per heavy atom. The number of halogens is 1. The van der Waals surface area contributed by atoms with Gasteiger partial charge in [0.05, 0.1) is 20.3 Å². The second-order valence-electron chi connectivity index (χ2n) is 5.09. The summed E-state index contributed by atoms with van der Waals surface area (Å²) in [6.45, 7) is 2.38. The van der Waals surface area contributed by atoms with Gasteiger partial charge in [0.15, 0.2) is 0 Å². The monoisotopic (exact) mass is 321 g/mol. The lowest BCUT2D eigenvalue weighted by Gasteiger charge is -2.21. The van der Waals surface area contributed by atoms with Crippen LogP contribution in [0.2, 0.25) is 0 Å². The van der Waals surface area contributed by atoms with Gasteiger partial charge in [-0.1, -0.05) is 12.1 Å². The van der Waals surface area contributed by atoms with Crippen molar-refractivity contribution in [1.29, 1.82) is 0 Å². The van der Waals surface area contributed by atoms with Gasteiger partial charge in [-0.3, -0.25) is 4.90 Å². The van der Waals surface area contributed by atoms with Gasteiger partial charge in [-0.25, -0.2) is 9.18 Å². The first-order valence-electron chi connectivity index (χ1n) is 7.25. The molecule has 1 heterocycles. The Balaban J connectivity index is 2.04. The first-order chi connectivity index (χ1) is 11.1. The summed E-state index contributed by atoms with van der Waals surface area (Å²) in [6.07, 6.45) is 0. The molecule has 0 fully saturated rings. The molecule has 0 bridgehead atoms. The Hall–Kier alpha value is -2.18. The summed E-state index contributed by atoms with van der Waals surface area (Å²) in [5.41, 5.74) is 0.988. The lowest BCUT2D eigenvalue weighted by Crippen LogP contribution is -2.26. The van der Waals surface area contributed by atoms with Crippen LogP contribution >= 0.6 is 0 Å².